The lowest BCUT2D eigenvalue weighted by molar-refractivity contribution is 0.337. The molecule has 3 atom stereocenters. The Kier molecular flexibility index (Phi) is 8.00. The van der Waals surface area contributed by atoms with E-state index in [1.165, 1.54) is 59.9 Å². The van der Waals surface area contributed by atoms with E-state index in [1.807, 2.05) is 19.1 Å². The van der Waals surface area contributed by atoms with E-state index in [1.54, 1.807) is 0 Å². The van der Waals surface area contributed by atoms with Crippen LogP contribution in [0.3, 0.4) is 0 Å². The van der Waals surface area contributed by atoms with Gasteiger partial charge in [0.05, 0.1) is 11.6 Å². The molecule has 2 saturated carbocycles. The van der Waals surface area contributed by atoms with Crippen molar-refractivity contribution in [3.63, 3.8) is 0 Å². The number of nitrogens with one attached hydrogen (secondary N) is 1. The van der Waals surface area contributed by atoms with Gasteiger partial charge in [-0.25, -0.2) is 0 Å². The Hall–Kier alpha value is -3.31. The van der Waals surface area contributed by atoms with E-state index in [4.69, 9.17) is 5.26 Å². The summed E-state index contributed by atoms with van der Waals surface area (Å²) < 4.78 is 0. The van der Waals surface area contributed by atoms with Crippen LogP contribution in [0, 0.1) is 23.2 Å². The Morgan fingerprint density at radius 1 is 1.03 bits per heavy atom. The summed E-state index contributed by atoms with van der Waals surface area (Å²) in [6.45, 7) is 12.5. The van der Waals surface area contributed by atoms with Gasteiger partial charge in [-0.1, -0.05) is 76.2 Å². The lowest BCUT2D eigenvalue weighted by atomic mass is 9.78. The van der Waals surface area contributed by atoms with Crippen LogP contribution in [-0.4, -0.2) is 0 Å². The summed E-state index contributed by atoms with van der Waals surface area (Å²) in [6.07, 6.45) is 7.71. The second kappa shape index (κ2) is 11.2. The van der Waals surface area contributed by atoms with Crippen LogP contribution in [-0.2, 0) is 11.8 Å². The van der Waals surface area contributed by atoms with Gasteiger partial charge in [-0.2, -0.15) is 5.26 Å². The highest BCUT2D eigenvalue weighted by Gasteiger charge is 2.56. The van der Waals surface area contributed by atoms with Gasteiger partial charge in [-0.3, -0.25) is 0 Å². The van der Waals surface area contributed by atoms with Gasteiger partial charge in [-0.15, -0.1) is 0 Å². The van der Waals surface area contributed by atoms with Crippen molar-refractivity contribution in [2.45, 2.75) is 71.6 Å². The van der Waals surface area contributed by atoms with E-state index in [9.17, 15) is 0 Å². The molecule has 0 saturated heterocycles. The first-order chi connectivity index (χ1) is 17.4. The van der Waals surface area contributed by atoms with Crippen molar-refractivity contribution in [2.24, 2.45) is 11.8 Å². The molecule has 3 aromatic rings. The summed E-state index contributed by atoms with van der Waals surface area (Å²) in [5.41, 5.74) is 10.4. The Bertz CT molecular complexity index is 1260. The zero-order valence-electron chi connectivity index (χ0n) is 22.4. The number of hydrogen-bond donors (Lipinski definition) is 1. The largest absolute Gasteiger partial charge is 0.360 e. The topological polar surface area (TPSA) is 35.8 Å². The number of rotatable bonds is 3. The van der Waals surface area contributed by atoms with Crippen molar-refractivity contribution in [1.29, 1.82) is 5.26 Å². The maximum atomic E-state index is 8.95. The maximum absolute atomic E-state index is 8.95. The first kappa shape index (κ1) is 25.8. The third kappa shape index (κ3) is 5.57. The Morgan fingerprint density at radius 2 is 1.78 bits per heavy atom. The highest BCUT2D eigenvalue weighted by atomic mass is 14.9. The fraction of sp³-hybridized carbons (Fsp3) is 0.382. The van der Waals surface area contributed by atoms with Crippen molar-refractivity contribution in [3.8, 4) is 17.2 Å². The van der Waals surface area contributed by atoms with Gasteiger partial charge >= 0.3 is 0 Å². The zero-order chi connectivity index (χ0) is 25.7. The van der Waals surface area contributed by atoms with Gasteiger partial charge in [0.15, 0.2) is 0 Å². The predicted octanol–water partition coefficient (Wildman–Crippen LogP) is 9.26. The van der Waals surface area contributed by atoms with Crippen LogP contribution < -0.4 is 5.32 Å². The van der Waals surface area contributed by atoms with E-state index < -0.39 is 0 Å². The van der Waals surface area contributed by atoms with Crippen molar-refractivity contribution in [1.82, 2.24) is 0 Å². The normalized spacial score (nSPS) is 22.2. The number of anilines is 1. The molecule has 6 rings (SSSR count). The summed E-state index contributed by atoms with van der Waals surface area (Å²) in [6, 6.07) is 25.7. The molecule has 2 heteroatoms. The first-order valence-electron chi connectivity index (χ1n) is 13.5. The van der Waals surface area contributed by atoms with Crippen LogP contribution in [0.25, 0.3) is 11.1 Å². The molecular formula is C34H40N2. The third-order valence-corrected chi connectivity index (χ3v) is 7.72. The molecule has 3 aliphatic carbocycles. The standard InChI is InChI=1S/C16H15N.C15H17N.C3H8/c1-11(2)17-14-7-8-16-13(10-14)9-12-5-3-4-6-15(12)16;1-11-5-6-15(9-14(15)7-11)13-4-2-3-12(8-13)10-16;1-3-2/h3-8,10,17H,1,9H2,2H3;2-4,8,11,14H,5-7,9H2,1H3;3H2,1-2H3. The molecule has 3 aliphatic rings. The minimum atomic E-state index is 0.458. The van der Waals surface area contributed by atoms with Gasteiger partial charge in [0.25, 0.3) is 0 Å². The zero-order valence-corrected chi connectivity index (χ0v) is 22.4. The second-order valence-electron chi connectivity index (χ2n) is 10.9. The number of allylic oxidation sites excluding steroid dienone is 1. The van der Waals surface area contributed by atoms with E-state index in [-0.39, 0.29) is 0 Å². The summed E-state index contributed by atoms with van der Waals surface area (Å²) >= 11 is 0. The maximum Gasteiger partial charge on any atom is 0.0991 e. The summed E-state index contributed by atoms with van der Waals surface area (Å²) in [7, 11) is 0. The molecule has 186 valence electrons. The number of nitrogens with zero attached hydrogens (tertiary/aromatic N) is 1. The van der Waals surface area contributed by atoms with Gasteiger partial charge in [0.1, 0.15) is 0 Å². The molecule has 1 N–H and O–H groups in total. The monoisotopic (exact) mass is 476 g/mol. The molecule has 2 fully saturated rings. The average molecular weight is 477 g/mol. The minimum absolute atomic E-state index is 0.458. The SMILES string of the molecule is C=C(C)Nc1ccc2c(c1)Cc1ccccc1-2.CC1CCC2(c3cccc(C#N)c3)CC2C1.CCC. The molecule has 2 nitrogen and oxygen atoms in total. The molecule has 3 unspecified atom stereocenters. The predicted molar refractivity (Wildman–Crippen MR) is 153 cm³/mol. The average Bonchev–Trinajstić information content (AvgIpc) is 3.49. The van der Waals surface area contributed by atoms with E-state index >= 15 is 0 Å². The van der Waals surface area contributed by atoms with Crippen LogP contribution in [0.15, 0.2) is 79.0 Å². The van der Waals surface area contributed by atoms with Crippen molar-refractivity contribution in [2.75, 3.05) is 5.32 Å². The molecule has 0 aromatic heterocycles. The molecule has 36 heavy (non-hydrogen) atoms. The van der Waals surface area contributed by atoms with E-state index in [0.29, 0.717) is 5.41 Å². The van der Waals surface area contributed by atoms with Crippen LogP contribution >= 0.6 is 0 Å². The fourth-order valence-electron chi connectivity index (χ4n) is 5.97. The number of nitriles is 1. The van der Waals surface area contributed by atoms with Gasteiger partial charge in [-0.05, 0) is 108 Å². The van der Waals surface area contributed by atoms with Crippen LogP contribution in [0.1, 0.15) is 82.1 Å². The van der Waals surface area contributed by atoms with Gasteiger partial charge < -0.3 is 5.32 Å². The molecule has 0 bridgehead atoms. The van der Waals surface area contributed by atoms with E-state index in [0.717, 1.165) is 35.2 Å². The molecule has 0 spiro atoms. The fourth-order valence-corrected chi connectivity index (χ4v) is 5.97. The first-order valence-corrected chi connectivity index (χ1v) is 13.5. The van der Waals surface area contributed by atoms with Crippen LogP contribution in [0.2, 0.25) is 0 Å². The summed E-state index contributed by atoms with van der Waals surface area (Å²) in [5.74, 6) is 1.80. The minimum Gasteiger partial charge on any atom is -0.360 e. The Balaban J connectivity index is 0.000000153. The number of benzene rings is 3. The second-order valence-corrected chi connectivity index (χ2v) is 10.9. The molecule has 0 radical (unpaired) electrons. The van der Waals surface area contributed by atoms with Gasteiger partial charge in [0, 0.05) is 11.4 Å². The molecule has 0 amide bonds. The lowest BCUT2D eigenvalue weighted by Crippen LogP contribution is -2.18. The smallest absolute Gasteiger partial charge is 0.0991 e. The molecule has 0 aliphatic heterocycles. The number of fused-ring (bicyclic) bond motifs is 4. The molecule has 3 aromatic carbocycles. The van der Waals surface area contributed by atoms with Gasteiger partial charge in [0.2, 0.25) is 0 Å². The Morgan fingerprint density at radius 3 is 2.50 bits per heavy atom. The number of hydrogen-bond acceptors (Lipinski definition) is 2. The highest BCUT2D eigenvalue weighted by Crippen LogP contribution is 2.63. The van der Waals surface area contributed by atoms with Crippen LogP contribution in [0.5, 0.6) is 0 Å². The third-order valence-electron chi connectivity index (χ3n) is 7.72. The molecule has 0 heterocycles. The summed E-state index contributed by atoms with van der Waals surface area (Å²) in [4.78, 5) is 0. The van der Waals surface area contributed by atoms with E-state index in [2.05, 4.69) is 93.3 Å². The highest BCUT2D eigenvalue weighted by molar-refractivity contribution is 5.78. The van der Waals surface area contributed by atoms with Crippen molar-refractivity contribution >= 4 is 5.69 Å². The Labute approximate surface area is 218 Å². The summed E-state index contributed by atoms with van der Waals surface area (Å²) in [5, 5.41) is 12.2. The molecular weight excluding hydrogens is 436 g/mol. The van der Waals surface area contributed by atoms with Crippen LogP contribution in [0.4, 0.5) is 5.69 Å². The van der Waals surface area contributed by atoms with Crippen molar-refractivity contribution in [3.05, 3.63) is 101 Å². The lowest BCUT2D eigenvalue weighted by Gasteiger charge is -2.26. The van der Waals surface area contributed by atoms with Crippen molar-refractivity contribution < 1.29 is 0 Å². The quantitative estimate of drug-likeness (QED) is 0.320.